The van der Waals surface area contributed by atoms with Gasteiger partial charge in [-0.3, -0.25) is 14.0 Å². The summed E-state index contributed by atoms with van der Waals surface area (Å²) in [7, 11) is -3.70. The van der Waals surface area contributed by atoms with Gasteiger partial charge in [0.2, 0.25) is 10.0 Å². The number of fused-ring (bicyclic) bond motifs is 1. The molecule has 1 heterocycles. The van der Waals surface area contributed by atoms with Gasteiger partial charge < -0.3 is 0 Å². The van der Waals surface area contributed by atoms with Crippen molar-refractivity contribution in [1.29, 1.82) is 0 Å². The Bertz CT molecular complexity index is 1410. The summed E-state index contributed by atoms with van der Waals surface area (Å²) in [5.74, 6) is -0.383. The molecule has 0 saturated carbocycles. The van der Waals surface area contributed by atoms with Gasteiger partial charge in [-0.25, -0.2) is 13.4 Å². The fourth-order valence-electron chi connectivity index (χ4n) is 3.60. The Morgan fingerprint density at radius 1 is 0.909 bits per heavy atom. The van der Waals surface area contributed by atoms with Crippen molar-refractivity contribution in [3.05, 3.63) is 83.4 Å². The number of thiazole rings is 1. The van der Waals surface area contributed by atoms with Crippen molar-refractivity contribution in [1.82, 2.24) is 4.98 Å². The molecule has 33 heavy (non-hydrogen) atoms. The summed E-state index contributed by atoms with van der Waals surface area (Å²) in [6.07, 6.45) is 1.12. The van der Waals surface area contributed by atoms with Crippen LogP contribution in [0.5, 0.6) is 0 Å². The molecule has 0 aliphatic heterocycles. The summed E-state index contributed by atoms with van der Waals surface area (Å²) < 4.78 is 27.5. The molecule has 1 amide bonds. The van der Waals surface area contributed by atoms with Crippen LogP contribution in [-0.2, 0) is 14.8 Å². The van der Waals surface area contributed by atoms with Gasteiger partial charge in [0.05, 0.1) is 27.8 Å². The lowest BCUT2D eigenvalue weighted by Gasteiger charge is -2.27. The maximum absolute atomic E-state index is 13.7. The van der Waals surface area contributed by atoms with Crippen molar-refractivity contribution in [2.45, 2.75) is 20.8 Å². The van der Waals surface area contributed by atoms with Gasteiger partial charge in [-0.2, -0.15) is 0 Å². The third-order valence-electron chi connectivity index (χ3n) is 5.54. The second-order valence-electron chi connectivity index (χ2n) is 8.02. The fourth-order valence-corrected chi connectivity index (χ4v) is 5.51. The number of aromatic nitrogens is 1. The third-order valence-corrected chi connectivity index (χ3v) is 7.68. The van der Waals surface area contributed by atoms with Crippen LogP contribution in [0.1, 0.15) is 16.7 Å². The number of amides is 1. The van der Waals surface area contributed by atoms with E-state index in [0.717, 1.165) is 37.5 Å². The summed E-state index contributed by atoms with van der Waals surface area (Å²) in [5, 5.41) is 0.502. The summed E-state index contributed by atoms with van der Waals surface area (Å²) in [4.78, 5) is 19.9. The molecule has 0 radical (unpaired) electrons. The average molecular weight is 480 g/mol. The molecule has 0 N–H and O–H groups in total. The number of hydrogen-bond donors (Lipinski definition) is 0. The van der Waals surface area contributed by atoms with Crippen LogP contribution in [0.25, 0.3) is 10.2 Å². The first-order valence-corrected chi connectivity index (χ1v) is 13.1. The number of anilines is 3. The first-order valence-electron chi connectivity index (χ1n) is 10.4. The molecule has 3 aromatic carbocycles. The average Bonchev–Trinajstić information content (AvgIpc) is 3.18. The quantitative estimate of drug-likeness (QED) is 0.374. The summed E-state index contributed by atoms with van der Waals surface area (Å²) in [5.41, 5.74) is 4.84. The van der Waals surface area contributed by atoms with E-state index in [2.05, 4.69) is 4.98 Å². The molecule has 0 aliphatic carbocycles. The van der Waals surface area contributed by atoms with E-state index in [-0.39, 0.29) is 12.5 Å². The van der Waals surface area contributed by atoms with Crippen LogP contribution >= 0.6 is 11.3 Å². The van der Waals surface area contributed by atoms with Gasteiger partial charge in [-0.15, -0.1) is 0 Å². The number of carbonyl (C=O) groups is 1. The number of rotatable bonds is 6. The molecule has 4 rings (SSSR count). The highest BCUT2D eigenvalue weighted by Crippen LogP contribution is 2.35. The molecule has 0 aliphatic rings. The van der Waals surface area contributed by atoms with E-state index in [1.807, 2.05) is 75.4 Å². The molecule has 170 valence electrons. The zero-order chi connectivity index (χ0) is 23.8. The molecule has 4 aromatic rings. The highest BCUT2D eigenvalue weighted by Gasteiger charge is 2.28. The Labute approximate surface area is 198 Å². The van der Waals surface area contributed by atoms with Gasteiger partial charge >= 0.3 is 0 Å². The zero-order valence-corrected chi connectivity index (χ0v) is 20.6. The predicted molar refractivity (Wildman–Crippen MR) is 136 cm³/mol. The molecule has 0 unspecified atom stereocenters. The molecule has 1 aromatic heterocycles. The molecule has 0 spiro atoms. The maximum atomic E-state index is 13.7. The standard InChI is InChI=1S/C25H25N3O3S2/c1-17-13-14-20(15-19(17)3)28(25-26-21-10-6-8-12-23(21)32-25)24(29)16-27(33(4,30)31)22-11-7-5-9-18(22)2/h5-15H,16H2,1-4H3. The van der Waals surface area contributed by atoms with Crippen molar-refractivity contribution in [3.63, 3.8) is 0 Å². The number of carbonyl (C=O) groups excluding carboxylic acids is 1. The van der Waals surface area contributed by atoms with Crippen molar-refractivity contribution >= 4 is 54.0 Å². The van der Waals surface area contributed by atoms with E-state index in [1.165, 1.54) is 16.2 Å². The number of aryl methyl sites for hydroxylation is 3. The first kappa shape index (κ1) is 22.9. The highest BCUT2D eigenvalue weighted by atomic mass is 32.2. The molecule has 0 atom stereocenters. The molecule has 0 fully saturated rings. The van der Waals surface area contributed by atoms with Crippen LogP contribution in [0.15, 0.2) is 66.7 Å². The topological polar surface area (TPSA) is 70.6 Å². The Balaban J connectivity index is 1.81. The van der Waals surface area contributed by atoms with E-state index in [4.69, 9.17) is 0 Å². The van der Waals surface area contributed by atoms with E-state index in [1.54, 1.807) is 12.1 Å². The first-order chi connectivity index (χ1) is 15.6. The summed E-state index contributed by atoms with van der Waals surface area (Å²) >= 11 is 1.40. The van der Waals surface area contributed by atoms with E-state index >= 15 is 0 Å². The van der Waals surface area contributed by atoms with Crippen LogP contribution < -0.4 is 9.21 Å². The third kappa shape index (κ3) is 4.77. The van der Waals surface area contributed by atoms with Gasteiger partial charge in [0.15, 0.2) is 5.13 Å². The normalized spacial score (nSPS) is 11.5. The van der Waals surface area contributed by atoms with Crippen molar-refractivity contribution < 1.29 is 13.2 Å². The minimum atomic E-state index is -3.70. The van der Waals surface area contributed by atoms with Gasteiger partial charge in [-0.05, 0) is 67.8 Å². The smallest absolute Gasteiger partial charge is 0.254 e. The number of nitrogens with zero attached hydrogens (tertiary/aromatic N) is 3. The number of hydrogen-bond acceptors (Lipinski definition) is 5. The van der Waals surface area contributed by atoms with E-state index in [9.17, 15) is 13.2 Å². The molecular weight excluding hydrogens is 454 g/mol. The highest BCUT2D eigenvalue weighted by molar-refractivity contribution is 7.92. The fraction of sp³-hybridized carbons (Fsp3) is 0.200. The van der Waals surface area contributed by atoms with Crippen molar-refractivity contribution in [3.8, 4) is 0 Å². The van der Waals surface area contributed by atoms with E-state index < -0.39 is 10.0 Å². The molecule has 0 bridgehead atoms. The Kier molecular flexibility index (Phi) is 6.23. The van der Waals surface area contributed by atoms with Crippen LogP contribution in [0, 0.1) is 20.8 Å². The number of para-hydroxylation sites is 2. The van der Waals surface area contributed by atoms with Crippen LogP contribution in [-0.4, -0.2) is 32.1 Å². The van der Waals surface area contributed by atoms with Crippen LogP contribution in [0.3, 0.4) is 0 Å². The largest absolute Gasteiger partial charge is 0.272 e. The van der Waals surface area contributed by atoms with Gasteiger partial charge in [0.25, 0.3) is 5.91 Å². The Morgan fingerprint density at radius 2 is 1.61 bits per heavy atom. The second kappa shape index (κ2) is 8.96. The second-order valence-corrected chi connectivity index (χ2v) is 10.9. The van der Waals surface area contributed by atoms with Crippen molar-refractivity contribution in [2.24, 2.45) is 0 Å². The van der Waals surface area contributed by atoms with Crippen LogP contribution in [0.2, 0.25) is 0 Å². The molecule has 0 saturated heterocycles. The Hall–Kier alpha value is -3.23. The lowest BCUT2D eigenvalue weighted by molar-refractivity contribution is -0.116. The molecule has 6 nitrogen and oxygen atoms in total. The Morgan fingerprint density at radius 3 is 2.27 bits per heavy atom. The van der Waals surface area contributed by atoms with Crippen LogP contribution in [0.4, 0.5) is 16.5 Å². The van der Waals surface area contributed by atoms with E-state index in [0.29, 0.717) is 16.5 Å². The minimum Gasteiger partial charge on any atom is -0.272 e. The SMILES string of the molecule is Cc1ccc(N(C(=O)CN(c2ccccc2C)S(C)(=O)=O)c2nc3ccccc3s2)cc1C. The summed E-state index contributed by atoms with van der Waals surface area (Å²) in [6.45, 7) is 5.47. The van der Waals surface area contributed by atoms with Crippen molar-refractivity contribution in [2.75, 3.05) is 22.0 Å². The summed E-state index contributed by atoms with van der Waals surface area (Å²) in [6, 6.07) is 20.6. The van der Waals surface area contributed by atoms with Gasteiger partial charge in [-0.1, -0.05) is 47.7 Å². The minimum absolute atomic E-state index is 0.341. The molecular formula is C25H25N3O3S2. The zero-order valence-electron chi connectivity index (χ0n) is 18.9. The molecule has 8 heteroatoms. The predicted octanol–water partition coefficient (Wildman–Crippen LogP) is 5.35. The monoisotopic (exact) mass is 479 g/mol. The lowest BCUT2D eigenvalue weighted by Crippen LogP contribution is -2.41. The number of benzene rings is 3. The van der Waals surface area contributed by atoms with Gasteiger partial charge in [0, 0.05) is 0 Å². The lowest BCUT2D eigenvalue weighted by atomic mass is 10.1. The number of sulfonamides is 1. The van der Waals surface area contributed by atoms with Gasteiger partial charge in [0.1, 0.15) is 6.54 Å². The maximum Gasteiger partial charge on any atom is 0.254 e.